The maximum absolute atomic E-state index is 5.48. The van der Waals surface area contributed by atoms with Crippen LogP contribution in [-0.4, -0.2) is 17.1 Å². The number of aromatic amines is 1. The van der Waals surface area contributed by atoms with Crippen molar-refractivity contribution in [3.05, 3.63) is 72.1 Å². The fourth-order valence-corrected chi connectivity index (χ4v) is 2.92. The highest BCUT2D eigenvalue weighted by Gasteiger charge is 2.07. The number of nitrogens with one attached hydrogen (secondary N) is 1. The van der Waals surface area contributed by atoms with Crippen LogP contribution in [0.3, 0.4) is 0 Å². The number of pyridine rings is 1. The van der Waals surface area contributed by atoms with Gasteiger partial charge in [0.15, 0.2) is 0 Å². The summed E-state index contributed by atoms with van der Waals surface area (Å²) in [5.74, 6) is 0.878. The van der Waals surface area contributed by atoms with Crippen molar-refractivity contribution in [3.8, 4) is 5.75 Å². The number of rotatable bonds is 3. The van der Waals surface area contributed by atoms with Gasteiger partial charge in [0.2, 0.25) is 0 Å². The molecule has 0 radical (unpaired) electrons. The van der Waals surface area contributed by atoms with Crippen molar-refractivity contribution in [2.45, 2.75) is 0 Å². The summed E-state index contributed by atoms with van der Waals surface area (Å²) in [6.07, 6.45) is 8.09. The molecule has 0 amide bonds. The zero-order valence-corrected chi connectivity index (χ0v) is 12.8. The number of ether oxygens (including phenoxy) is 1. The number of methoxy groups -OCH3 is 1. The van der Waals surface area contributed by atoms with E-state index in [9.17, 15) is 0 Å². The van der Waals surface area contributed by atoms with Crippen molar-refractivity contribution in [1.29, 1.82) is 0 Å². The molecule has 3 nitrogen and oxygen atoms in total. The van der Waals surface area contributed by atoms with Gasteiger partial charge in [0.05, 0.1) is 12.6 Å². The molecule has 3 heteroatoms. The van der Waals surface area contributed by atoms with E-state index in [1.54, 1.807) is 7.11 Å². The van der Waals surface area contributed by atoms with E-state index in [1.165, 1.54) is 0 Å². The molecule has 1 N–H and O–H groups in total. The summed E-state index contributed by atoms with van der Waals surface area (Å²) in [6.45, 7) is 0. The van der Waals surface area contributed by atoms with Crippen molar-refractivity contribution >= 4 is 34.0 Å². The summed E-state index contributed by atoms with van der Waals surface area (Å²) in [4.78, 5) is 7.70. The van der Waals surface area contributed by atoms with Gasteiger partial charge < -0.3 is 9.72 Å². The maximum Gasteiger partial charge on any atom is 0.128 e. The molecule has 0 spiro atoms. The summed E-state index contributed by atoms with van der Waals surface area (Å²) >= 11 is 0. The van der Waals surface area contributed by atoms with Crippen molar-refractivity contribution < 1.29 is 4.74 Å². The smallest absolute Gasteiger partial charge is 0.128 e. The van der Waals surface area contributed by atoms with Gasteiger partial charge in [0.25, 0.3) is 0 Å². The summed E-state index contributed by atoms with van der Waals surface area (Å²) < 4.78 is 5.48. The van der Waals surface area contributed by atoms with E-state index in [1.807, 2.05) is 48.8 Å². The molecule has 0 bridgehead atoms. The molecule has 4 rings (SSSR count). The Kier molecular flexibility index (Phi) is 3.31. The van der Waals surface area contributed by atoms with Gasteiger partial charge >= 0.3 is 0 Å². The second-order valence-corrected chi connectivity index (χ2v) is 5.38. The lowest BCUT2D eigenvalue weighted by Gasteiger charge is -2.03. The zero-order chi connectivity index (χ0) is 15.6. The van der Waals surface area contributed by atoms with Crippen LogP contribution in [0, 0.1) is 0 Å². The molecule has 0 saturated carbocycles. The molecular formula is C20H16N2O. The molecule has 23 heavy (non-hydrogen) atoms. The lowest BCUT2D eigenvalue weighted by Crippen LogP contribution is -1.84. The van der Waals surface area contributed by atoms with Gasteiger partial charge in [-0.1, -0.05) is 36.4 Å². The number of aromatic nitrogens is 2. The predicted octanol–water partition coefficient (Wildman–Crippen LogP) is 4.90. The monoisotopic (exact) mass is 300 g/mol. The number of hydrogen-bond acceptors (Lipinski definition) is 2. The highest BCUT2D eigenvalue weighted by Crippen LogP contribution is 2.30. The minimum atomic E-state index is 0.878. The minimum Gasteiger partial charge on any atom is -0.496 e. The highest BCUT2D eigenvalue weighted by atomic mass is 16.5. The third-order valence-electron chi connectivity index (χ3n) is 4.04. The number of nitrogens with zero attached hydrogens (tertiary/aromatic N) is 1. The van der Waals surface area contributed by atoms with Crippen molar-refractivity contribution in [2.75, 3.05) is 7.11 Å². The van der Waals surface area contributed by atoms with Crippen LogP contribution in [-0.2, 0) is 0 Å². The van der Waals surface area contributed by atoms with Crippen LogP contribution in [0.5, 0.6) is 5.75 Å². The number of para-hydroxylation sites is 1. The van der Waals surface area contributed by atoms with E-state index in [-0.39, 0.29) is 0 Å². The van der Waals surface area contributed by atoms with Gasteiger partial charge in [0, 0.05) is 34.2 Å². The van der Waals surface area contributed by atoms with Gasteiger partial charge in [-0.05, 0) is 29.8 Å². The molecule has 0 aliphatic heterocycles. The van der Waals surface area contributed by atoms with E-state index in [0.717, 1.165) is 38.7 Å². The fraction of sp³-hybridized carbons (Fsp3) is 0.0500. The highest BCUT2D eigenvalue weighted by molar-refractivity contribution is 5.98. The molecule has 0 saturated heterocycles. The molecule has 112 valence electrons. The Hall–Kier alpha value is -3.07. The second kappa shape index (κ2) is 5.61. The molecular weight excluding hydrogens is 284 g/mol. The second-order valence-electron chi connectivity index (χ2n) is 5.38. The number of hydrogen-bond donors (Lipinski definition) is 1. The third-order valence-corrected chi connectivity index (χ3v) is 4.04. The minimum absolute atomic E-state index is 0.878. The van der Waals surface area contributed by atoms with E-state index in [0.29, 0.717) is 0 Å². The molecule has 0 aliphatic carbocycles. The Morgan fingerprint density at radius 3 is 2.74 bits per heavy atom. The first-order valence-corrected chi connectivity index (χ1v) is 7.53. The molecule has 0 aliphatic rings. The van der Waals surface area contributed by atoms with Crippen molar-refractivity contribution in [3.63, 3.8) is 0 Å². The van der Waals surface area contributed by atoms with Gasteiger partial charge in [-0.3, -0.25) is 4.98 Å². The SMILES string of the molecule is COc1cccc2[nH]cc(/C=C/c3ccnc4ccccc34)c12. The number of benzene rings is 2. The average molecular weight is 300 g/mol. The summed E-state index contributed by atoms with van der Waals surface area (Å²) in [7, 11) is 1.70. The topological polar surface area (TPSA) is 37.9 Å². The summed E-state index contributed by atoms with van der Waals surface area (Å²) in [6, 6.07) is 16.2. The zero-order valence-electron chi connectivity index (χ0n) is 12.8. The van der Waals surface area contributed by atoms with Crippen LogP contribution in [0.1, 0.15) is 11.1 Å². The number of fused-ring (bicyclic) bond motifs is 2. The van der Waals surface area contributed by atoms with Crippen LogP contribution in [0.4, 0.5) is 0 Å². The molecule has 2 heterocycles. The number of H-pyrrole nitrogens is 1. The lowest BCUT2D eigenvalue weighted by molar-refractivity contribution is 0.420. The van der Waals surface area contributed by atoms with E-state index < -0.39 is 0 Å². The lowest BCUT2D eigenvalue weighted by atomic mass is 10.1. The first-order valence-electron chi connectivity index (χ1n) is 7.53. The van der Waals surface area contributed by atoms with Crippen LogP contribution < -0.4 is 4.74 Å². The Bertz CT molecular complexity index is 1010. The first kappa shape index (κ1) is 13.6. The Morgan fingerprint density at radius 2 is 1.83 bits per heavy atom. The predicted molar refractivity (Wildman–Crippen MR) is 95.5 cm³/mol. The summed E-state index contributed by atoms with van der Waals surface area (Å²) in [5, 5.41) is 2.25. The largest absolute Gasteiger partial charge is 0.496 e. The van der Waals surface area contributed by atoms with Crippen LogP contribution in [0.15, 0.2) is 60.9 Å². The summed E-state index contributed by atoms with van der Waals surface area (Å²) in [5.41, 5.74) is 4.34. The van der Waals surface area contributed by atoms with Crippen LogP contribution >= 0.6 is 0 Å². The van der Waals surface area contributed by atoms with Gasteiger partial charge in [-0.2, -0.15) is 0 Å². The molecule has 0 unspecified atom stereocenters. The quantitative estimate of drug-likeness (QED) is 0.584. The maximum atomic E-state index is 5.48. The van der Waals surface area contributed by atoms with Crippen molar-refractivity contribution in [2.24, 2.45) is 0 Å². The Balaban J connectivity index is 1.82. The van der Waals surface area contributed by atoms with Gasteiger partial charge in [-0.25, -0.2) is 0 Å². The van der Waals surface area contributed by atoms with E-state index in [4.69, 9.17) is 4.74 Å². The normalized spacial score (nSPS) is 11.5. The molecule has 0 fully saturated rings. The fourth-order valence-electron chi connectivity index (χ4n) is 2.92. The van der Waals surface area contributed by atoms with Crippen LogP contribution in [0.2, 0.25) is 0 Å². The standard InChI is InChI=1S/C20H16N2O/c1-23-19-8-4-7-18-20(19)15(13-22-18)10-9-14-11-12-21-17-6-3-2-5-16(14)17/h2-13,22H,1H3/b10-9+. The molecule has 4 aromatic rings. The third kappa shape index (κ3) is 2.36. The van der Waals surface area contributed by atoms with Crippen LogP contribution in [0.25, 0.3) is 34.0 Å². The Morgan fingerprint density at radius 1 is 0.957 bits per heavy atom. The van der Waals surface area contributed by atoms with E-state index in [2.05, 4.69) is 34.3 Å². The van der Waals surface area contributed by atoms with E-state index >= 15 is 0 Å². The van der Waals surface area contributed by atoms with Crippen molar-refractivity contribution in [1.82, 2.24) is 9.97 Å². The average Bonchev–Trinajstić information content (AvgIpc) is 3.03. The molecule has 2 aromatic heterocycles. The Labute approximate surface area is 134 Å². The van der Waals surface area contributed by atoms with Gasteiger partial charge in [-0.15, -0.1) is 0 Å². The molecule has 0 atom stereocenters. The molecule has 2 aromatic carbocycles. The van der Waals surface area contributed by atoms with Gasteiger partial charge in [0.1, 0.15) is 5.75 Å². The first-order chi connectivity index (χ1) is 11.4.